The lowest BCUT2D eigenvalue weighted by Gasteiger charge is -2.25. The van der Waals surface area contributed by atoms with Crippen molar-refractivity contribution in [3.63, 3.8) is 0 Å². The first kappa shape index (κ1) is 26.7. The van der Waals surface area contributed by atoms with Gasteiger partial charge in [-0.25, -0.2) is 9.79 Å². The number of ether oxygens (including phenoxy) is 1. The molecule has 0 aliphatic carbocycles. The topological polar surface area (TPSA) is 114 Å². The maximum Gasteiger partial charge on any atom is 0.338 e. The number of rotatable bonds is 6. The van der Waals surface area contributed by atoms with E-state index in [9.17, 15) is 19.5 Å². The number of carboxylic acids is 1. The number of fused-ring (bicyclic) bond motifs is 1. The van der Waals surface area contributed by atoms with Crippen molar-refractivity contribution in [2.24, 2.45) is 4.99 Å². The summed E-state index contributed by atoms with van der Waals surface area (Å²) in [5.74, 6) is -1.24. The third-order valence-electron chi connectivity index (χ3n) is 6.09. The number of esters is 1. The van der Waals surface area contributed by atoms with Crippen LogP contribution in [0.4, 0.5) is 0 Å². The van der Waals surface area contributed by atoms with Gasteiger partial charge in [0.25, 0.3) is 5.56 Å². The number of hydrogen-bond donors (Lipinski definition) is 0. The summed E-state index contributed by atoms with van der Waals surface area (Å²) < 4.78 is 12.9. The zero-order chi connectivity index (χ0) is 27.8. The van der Waals surface area contributed by atoms with Gasteiger partial charge in [-0.15, -0.1) is 0 Å². The Balaban J connectivity index is 1.63. The Hall–Kier alpha value is -3.92. The number of halogens is 2. The number of hydrogen-bond acceptors (Lipinski definition) is 8. The Kier molecular flexibility index (Phi) is 7.31. The average Bonchev–Trinajstić information content (AvgIpc) is 3.48. The molecule has 0 saturated carbocycles. The molecule has 5 rings (SSSR count). The minimum absolute atomic E-state index is 0.0530. The average molecular weight is 582 g/mol. The summed E-state index contributed by atoms with van der Waals surface area (Å²) in [6.07, 6.45) is 1.57. The lowest BCUT2D eigenvalue weighted by atomic mass is 9.96. The Morgan fingerprint density at radius 3 is 2.64 bits per heavy atom. The zero-order valence-electron chi connectivity index (χ0n) is 20.6. The third-order valence-corrected chi connectivity index (χ3v) is 7.74. The fourth-order valence-corrected chi connectivity index (χ4v) is 5.79. The van der Waals surface area contributed by atoms with Gasteiger partial charge < -0.3 is 19.1 Å². The van der Waals surface area contributed by atoms with Crippen molar-refractivity contribution in [2.45, 2.75) is 19.9 Å². The highest BCUT2D eigenvalue weighted by atomic mass is 35.5. The smallest absolute Gasteiger partial charge is 0.338 e. The summed E-state index contributed by atoms with van der Waals surface area (Å²) in [4.78, 5) is 43.0. The van der Waals surface area contributed by atoms with Gasteiger partial charge in [0.2, 0.25) is 0 Å². The van der Waals surface area contributed by atoms with Crippen LogP contribution in [0.3, 0.4) is 0 Å². The lowest BCUT2D eigenvalue weighted by Crippen LogP contribution is -2.40. The van der Waals surface area contributed by atoms with Gasteiger partial charge in [0.1, 0.15) is 17.6 Å². The van der Waals surface area contributed by atoms with Crippen LogP contribution in [-0.4, -0.2) is 23.1 Å². The summed E-state index contributed by atoms with van der Waals surface area (Å²) in [5, 5.41) is 11.8. The van der Waals surface area contributed by atoms with E-state index in [1.54, 1.807) is 62.4 Å². The van der Waals surface area contributed by atoms with E-state index in [0.29, 0.717) is 42.7 Å². The molecule has 0 amide bonds. The first-order valence-corrected chi connectivity index (χ1v) is 13.3. The molecule has 0 fully saturated rings. The summed E-state index contributed by atoms with van der Waals surface area (Å²) in [5.41, 5.74) is 1.16. The molecule has 11 heteroatoms. The first-order valence-electron chi connectivity index (χ1n) is 11.7. The van der Waals surface area contributed by atoms with Gasteiger partial charge in [-0.05, 0) is 55.8 Å². The second kappa shape index (κ2) is 10.7. The van der Waals surface area contributed by atoms with E-state index in [4.69, 9.17) is 32.4 Å². The van der Waals surface area contributed by atoms with Crippen LogP contribution in [0.5, 0.6) is 0 Å². The Morgan fingerprint density at radius 1 is 1.15 bits per heavy atom. The number of nitrogens with zero attached hydrogens (tertiary/aromatic N) is 2. The number of aromatic nitrogens is 1. The summed E-state index contributed by atoms with van der Waals surface area (Å²) in [6, 6.07) is 13.9. The molecule has 198 valence electrons. The Labute approximate surface area is 235 Å². The SMILES string of the molecule is CCOC(=O)C1=C(C)N=c2s/c(=C\c3ccc(-c4ccc(Cl)c(C(=O)[O-])c4)o3)c(=O)n2[C@@H]1c1ccccc1Cl. The van der Waals surface area contributed by atoms with Crippen molar-refractivity contribution in [2.75, 3.05) is 6.61 Å². The molecular formula is C28H19Cl2N2O6S-. The molecule has 0 saturated heterocycles. The molecule has 2 aromatic carbocycles. The van der Waals surface area contributed by atoms with Crippen LogP contribution in [0, 0.1) is 0 Å². The molecule has 39 heavy (non-hydrogen) atoms. The monoisotopic (exact) mass is 581 g/mol. The largest absolute Gasteiger partial charge is 0.545 e. The van der Waals surface area contributed by atoms with Crippen LogP contribution in [-0.2, 0) is 9.53 Å². The quantitative estimate of drug-likeness (QED) is 0.320. The maximum absolute atomic E-state index is 13.7. The molecule has 0 unspecified atom stereocenters. The van der Waals surface area contributed by atoms with Crippen molar-refractivity contribution < 1.29 is 23.8 Å². The minimum Gasteiger partial charge on any atom is -0.545 e. The fraction of sp³-hybridized carbons (Fsp3) is 0.143. The van der Waals surface area contributed by atoms with Crippen molar-refractivity contribution in [3.8, 4) is 11.3 Å². The van der Waals surface area contributed by atoms with Crippen LogP contribution < -0.4 is 20.0 Å². The van der Waals surface area contributed by atoms with Crippen LogP contribution in [0.2, 0.25) is 10.0 Å². The van der Waals surface area contributed by atoms with Gasteiger partial charge in [0.05, 0.1) is 28.4 Å². The van der Waals surface area contributed by atoms with Crippen molar-refractivity contribution in [1.29, 1.82) is 0 Å². The van der Waals surface area contributed by atoms with Gasteiger partial charge in [-0.3, -0.25) is 9.36 Å². The summed E-state index contributed by atoms with van der Waals surface area (Å²) >= 11 is 13.6. The Morgan fingerprint density at radius 2 is 1.92 bits per heavy atom. The van der Waals surface area contributed by atoms with Crippen LogP contribution in [0.1, 0.15) is 41.6 Å². The van der Waals surface area contributed by atoms with Crippen LogP contribution in [0.25, 0.3) is 17.4 Å². The highest BCUT2D eigenvalue weighted by molar-refractivity contribution is 7.07. The molecule has 8 nitrogen and oxygen atoms in total. The molecule has 0 bridgehead atoms. The van der Waals surface area contributed by atoms with E-state index in [0.717, 1.165) is 11.3 Å². The molecule has 2 aromatic heterocycles. The molecule has 1 aliphatic rings. The number of furan rings is 1. The van der Waals surface area contributed by atoms with Crippen molar-refractivity contribution in [3.05, 3.63) is 112 Å². The fourth-order valence-electron chi connectivity index (χ4n) is 4.33. The second-order valence-electron chi connectivity index (χ2n) is 8.51. The van der Waals surface area contributed by atoms with E-state index >= 15 is 0 Å². The number of allylic oxidation sites excluding steroid dienone is 1. The number of benzene rings is 2. The first-order chi connectivity index (χ1) is 18.7. The number of carbonyl (C=O) groups excluding carboxylic acids is 2. The van der Waals surface area contributed by atoms with E-state index < -0.39 is 18.0 Å². The van der Waals surface area contributed by atoms with Crippen molar-refractivity contribution in [1.82, 2.24) is 4.57 Å². The van der Waals surface area contributed by atoms with Gasteiger partial charge in [0, 0.05) is 27.2 Å². The van der Waals surface area contributed by atoms with Crippen molar-refractivity contribution >= 4 is 52.6 Å². The molecule has 0 N–H and O–H groups in total. The number of carbonyl (C=O) groups is 2. The van der Waals surface area contributed by atoms with E-state index in [-0.39, 0.29) is 28.3 Å². The molecule has 0 spiro atoms. The summed E-state index contributed by atoms with van der Waals surface area (Å²) in [7, 11) is 0. The van der Waals surface area contributed by atoms with E-state index in [2.05, 4.69) is 4.99 Å². The van der Waals surface area contributed by atoms with Gasteiger partial charge in [0.15, 0.2) is 4.80 Å². The van der Waals surface area contributed by atoms with Gasteiger partial charge in [-0.2, -0.15) is 0 Å². The van der Waals surface area contributed by atoms with Gasteiger partial charge >= 0.3 is 5.97 Å². The third kappa shape index (κ3) is 4.96. The lowest BCUT2D eigenvalue weighted by molar-refractivity contribution is -0.255. The highest BCUT2D eigenvalue weighted by Crippen LogP contribution is 2.34. The number of thiazole rings is 1. The number of carboxylic acid groups (broad SMARTS) is 1. The molecule has 3 heterocycles. The van der Waals surface area contributed by atoms with Crippen LogP contribution in [0.15, 0.2) is 80.1 Å². The van der Waals surface area contributed by atoms with Gasteiger partial charge in [-0.1, -0.05) is 52.7 Å². The second-order valence-corrected chi connectivity index (χ2v) is 10.3. The molecule has 4 aromatic rings. The van der Waals surface area contributed by atoms with Crippen LogP contribution >= 0.6 is 34.5 Å². The summed E-state index contributed by atoms with van der Waals surface area (Å²) in [6.45, 7) is 3.56. The molecule has 1 aliphatic heterocycles. The normalized spacial score (nSPS) is 15.2. The van der Waals surface area contributed by atoms with E-state index in [1.807, 2.05) is 0 Å². The molecular weight excluding hydrogens is 563 g/mol. The molecule has 0 radical (unpaired) electrons. The Bertz CT molecular complexity index is 1850. The maximum atomic E-state index is 13.7. The minimum atomic E-state index is -1.40. The number of aromatic carboxylic acids is 1. The highest BCUT2D eigenvalue weighted by Gasteiger charge is 2.34. The predicted molar refractivity (Wildman–Crippen MR) is 145 cm³/mol. The van der Waals surface area contributed by atoms with E-state index in [1.165, 1.54) is 16.7 Å². The standard InChI is InChI=1S/C28H20Cl2N2O6S/c1-3-37-27(36)23-14(2)31-28-32(24(23)17-6-4-5-7-19(17)29)25(33)22(39-28)13-16-9-11-21(38-16)15-8-10-20(30)18(12-15)26(34)35/h4-13,24H,3H2,1-2H3,(H,34,35)/p-1/b22-13-/t24-/m1/s1. The molecule has 1 atom stereocenters. The zero-order valence-corrected chi connectivity index (χ0v) is 22.9. The predicted octanol–water partition coefficient (Wildman–Crippen LogP) is 3.73.